The molecule has 1 aromatic carbocycles. The third kappa shape index (κ3) is 4.75. The lowest BCUT2D eigenvalue weighted by Gasteiger charge is -2.22. The predicted octanol–water partition coefficient (Wildman–Crippen LogP) is 3.98. The minimum absolute atomic E-state index is 0.0229. The monoisotopic (exact) mass is 406 g/mol. The Balaban J connectivity index is 1.73. The molecule has 0 atom stereocenters. The Morgan fingerprint density at radius 1 is 1.27 bits per heavy atom. The number of anilines is 2. The van der Waals surface area contributed by atoms with Gasteiger partial charge in [0.1, 0.15) is 5.75 Å². The fourth-order valence-electron chi connectivity index (χ4n) is 2.21. The molecular formula is C17H18N4O2S3. The van der Waals surface area contributed by atoms with Gasteiger partial charge in [0.05, 0.1) is 19.4 Å². The molecule has 3 aromatic rings. The summed E-state index contributed by atoms with van der Waals surface area (Å²) in [5.74, 6) is 1.09. The predicted molar refractivity (Wildman–Crippen MR) is 109 cm³/mol. The van der Waals surface area contributed by atoms with Gasteiger partial charge in [0.25, 0.3) is 0 Å². The van der Waals surface area contributed by atoms with Gasteiger partial charge in [0, 0.05) is 17.6 Å². The molecule has 1 amide bonds. The van der Waals surface area contributed by atoms with Crippen LogP contribution < -0.4 is 15.0 Å². The molecule has 1 N–H and O–H groups in total. The van der Waals surface area contributed by atoms with Crippen LogP contribution in [0.5, 0.6) is 5.75 Å². The fourth-order valence-corrected chi connectivity index (χ4v) is 4.49. The molecule has 0 aliphatic heterocycles. The molecule has 0 unspecified atom stereocenters. The molecule has 0 aliphatic carbocycles. The Bertz CT molecular complexity index is 834. The number of aromatic nitrogens is 2. The summed E-state index contributed by atoms with van der Waals surface area (Å²) in [5.41, 5.74) is 0.845. The van der Waals surface area contributed by atoms with Crippen molar-refractivity contribution in [3.05, 3.63) is 46.7 Å². The van der Waals surface area contributed by atoms with Crippen molar-refractivity contribution < 1.29 is 9.53 Å². The van der Waals surface area contributed by atoms with Crippen LogP contribution in [0.2, 0.25) is 0 Å². The van der Waals surface area contributed by atoms with E-state index in [1.54, 1.807) is 30.4 Å². The first-order valence-corrected chi connectivity index (χ1v) is 10.5. The summed E-state index contributed by atoms with van der Waals surface area (Å²) in [5, 5.41) is 13.8. The van der Waals surface area contributed by atoms with Crippen LogP contribution in [0.15, 0.2) is 46.1 Å². The molecule has 6 nitrogen and oxygen atoms in total. The molecule has 9 heteroatoms. The summed E-state index contributed by atoms with van der Waals surface area (Å²) < 4.78 is 5.98. The minimum atomic E-state index is 0.0229. The average molecular weight is 407 g/mol. The Kier molecular flexibility index (Phi) is 6.48. The Morgan fingerprint density at radius 3 is 2.69 bits per heavy atom. The van der Waals surface area contributed by atoms with Crippen molar-refractivity contribution >= 4 is 51.2 Å². The van der Waals surface area contributed by atoms with Crippen LogP contribution in [-0.4, -0.2) is 36.0 Å². The van der Waals surface area contributed by atoms with E-state index >= 15 is 0 Å². The van der Waals surface area contributed by atoms with Gasteiger partial charge in [0.15, 0.2) is 4.34 Å². The van der Waals surface area contributed by atoms with Crippen molar-refractivity contribution in [1.29, 1.82) is 0 Å². The summed E-state index contributed by atoms with van der Waals surface area (Å²) in [6.07, 6.45) is 0. The van der Waals surface area contributed by atoms with Gasteiger partial charge < -0.3 is 15.0 Å². The van der Waals surface area contributed by atoms with Gasteiger partial charge in [-0.25, -0.2) is 0 Å². The number of nitrogens with one attached hydrogen (secondary N) is 1. The van der Waals surface area contributed by atoms with Crippen molar-refractivity contribution in [2.75, 3.05) is 30.1 Å². The Morgan fingerprint density at radius 2 is 2.08 bits per heavy atom. The van der Waals surface area contributed by atoms with E-state index < -0.39 is 0 Å². The highest BCUT2D eigenvalue weighted by molar-refractivity contribution is 8.01. The zero-order valence-electron chi connectivity index (χ0n) is 14.3. The third-order valence-electron chi connectivity index (χ3n) is 3.52. The molecule has 2 aromatic heterocycles. The lowest BCUT2D eigenvalue weighted by atomic mass is 10.2. The summed E-state index contributed by atoms with van der Waals surface area (Å²) >= 11 is 4.48. The topological polar surface area (TPSA) is 67.4 Å². The van der Waals surface area contributed by atoms with E-state index in [1.165, 1.54) is 23.1 Å². The van der Waals surface area contributed by atoms with Gasteiger partial charge in [0.2, 0.25) is 11.0 Å². The second-order valence-electron chi connectivity index (χ2n) is 5.17. The molecule has 3 rings (SSSR count). The van der Waals surface area contributed by atoms with Gasteiger partial charge in [-0.15, -0.1) is 21.5 Å². The molecule has 0 fully saturated rings. The second-order valence-corrected chi connectivity index (χ2v) is 8.40. The fraction of sp³-hybridized carbons (Fsp3) is 0.235. The number of ether oxygens (including phenoxy) is 1. The van der Waals surface area contributed by atoms with Gasteiger partial charge in [-0.3, -0.25) is 4.79 Å². The van der Waals surface area contributed by atoms with Crippen LogP contribution >= 0.6 is 34.4 Å². The van der Waals surface area contributed by atoms with E-state index in [2.05, 4.69) is 15.5 Å². The number of methoxy groups -OCH3 is 1. The van der Waals surface area contributed by atoms with Crippen molar-refractivity contribution in [1.82, 2.24) is 10.2 Å². The van der Waals surface area contributed by atoms with Crippen molar-refractivity contribution in [3.63, 3.8) is 0 Å². The Hall–Kier alpha value is -2.10. The van der Waals surface area contributed by atoms with E-state index in [4.69, 9.17) is 4.74 Å². The van der Waals surface area contributed by atoms with Crippen LogP contribution in [0.1, 0.15) is 4.88 Å². The molecular weight excluding hydrogens is 388 g/mol. The largest absolute Gasteiger partial charge is 0.497 e. The highest BCUT2D eigenvalue weighted by Gasteiger charge is 2.18. The minimum Gasteiger partial charge on any atom is -0.497 e. The first-order chi connectivity index (χ1) is 12.7. The zero-order chi connectivity index (χ0) is 18.4. The number of amides is 1. The number of carbonyl (C=O) groups is 1. The van der Waals surface area contributed by atoms with Gasteiger partial charge in [-0.05, 0) is 35.7 Å². The molecule has 0 spiro atoms. The molecule has 0 saturated heterocycles. The number of thiophene rings is 1. The smallest absolute Gasteiger partial charge is 0.237 e. The number of thioether (sulfide) groups is 1. The number of nitrogens with zero attached hydrogens (tertiary/aromatic N) is 3. The van der Waals surface area contributed by atoms with E-state index in [0.29, 0.717) is 12.3 Å². The lowest BCUT2D eigenvalue weighted by Crippen LogP contribution is -2.31. The third-order valence-corrected chi connectivity index (χ3v) is 6.44. The van der Waals surface area contributed by atoms with Gasteiger partial charge in [-0.2, -0.15) is 0 Å². The van der Waals surface area contributed by atoms with Crippen molar-refractivity contribution in [3.8, 4) is 5.75 Å². The van der Waals surface area contributed by atoms with E-state index in [9.17, 15) is 4.79 Å². The number of carbonyl (C=O) groups excluding carboxylic acids is 1. The van der Waals surface area contributed by atoms with E-state index in [1.807, 2.05) is 41.8 Å². The lowest BCUT2D eigenvalue weighted by molar-refractivity contribution is -0.116. The maximum Gasteiger partial charge on any atom is 0.237 e. The standard InChI is InChI=1S/C17H18N4O2S3/c1-18-16-19-20-17(26-16)25-11-15(22)21(10-14-4-3-9-24-14)12-5-7-13(23-2)8-6-12/h3-9H,10-11H2,1-2H3,(H,18,19). The van der Waals surface area contributed by atoms with Crippen LogP contribution in [0.4, 0.5) is 10.8 Å². The molecule has 0 aliphatic rings. The first kappa shape index (κ1) is 18.7. The van der Waals surface area contributed by atoms with Crippen LogP contribution in [-0.2, 0) is 11.3 Å². The number of hydrogen-bond donors (Lipinski definition) is 1. The number of rotatable bonds is 8. The summed E-state index contributed by atoms with van der Waals surface area (Å²) in [7, 11) is 3.42. The first-order valence-electron chi connectivity index (χ1n) is 7.80. The summed E-state index contributed by atoms with van der Waals surface area (Å²) in [6, 6.07) is 11.6. The van der Waals surface area contributed by atoms with E-state index in [0.717, 1.165) is 25.8 Å². The van der Waals surface area contributed by atoms with Gasteiger partial charge >= 0.3 is 0 Å². The molecule has 2 heterocycles. The van der Waals surface area contributed by atoms with Crippen LogP contribution in [0.3, 0.4) is 0 Å². The Labute approximate surface area is 164 Å². The zero-order valence-corrected chi connectivity index (χ0v) is 16.8. The highest BCUT2D eigenvalue weighted by atomic mass is 32.2. The van der Waals surface area contributed by atoms with Crippen molar-refractivity contribution in [2.24, 2.45) is 0 Å². The summed E-state index contributed by atoms with van der Waals surface area (Å²) in [6.45, 7) is 0.543. The molecule has 0 saturated carbocycles. The van der Waals surface area contributed by atoms with Crippen LogP contribution in [0.25, 0.3) is 0 Å². The molecule has 26 heavy (non-hydrogen) atoms. The SMILES string of the molecule is CNc1nnc(SCC(=O)N(Cc2cccs2)c2ccc(OC)cc2)s1. The molecule has 136 valence electrons. The molecule has 0 radical (unpaired) electrons. The maximum atomic E-state index is 12.9. The van der Waals surface area contributed by atoms with E-state index in [-0.39, 0.29) is 5.91 Å². The number of hydrogen-bond acceptors (Lipinski definition) is 8. The molecule has 0 bridgehead atoms. The summed E-state index contributed by atoms with van der Waals surface area (Å²) in [4.78, 5) is 15.8. The second kappa shape index (κ2) is 9.02. The van der Waals surface area contributed by atoms with Crippen molar-refractivity contribution in [2.45, 2.75) is 10.9 Å². The maximum absolute atomic E-state index is 12.9. The number of benzene rings is 1. The van der Waals surface area contributed by atoms with Gasteiger partial charge in [-0.1, -0.05) is 29.2 Å². The van der Waals surface area contributed by atoms with Crippen LogP contribution in [0, 0.1) is 0 Å². The quantitative estimate of drug-likeness (QED) is 0.571. The highest BCUT2D eigenvalue weighted by Crippen LogP contribution is 2.27. The normalized spacial score (nSPS) is 10.5. The average Bonchev–Trinajstić information content (AvgIpc) is 3.36.